The molecule has 0 atom stereocenters. The maximum atomic E-state index is 2.99. The van der Waals surface area contributed by atoms with Crippen LogP contribution in [0.2, 0.25) is 0 Å². The first-order valence-electron chi connectivity index (χ1n) is 3.72. The Morgan fingerprint density at radius 3 is 2.80 bits per heavy atom. The van der Waals surface area contributed by atoms with E-state index in [9.17, 15) is 0 Å². The molecule has 0 amide bonds. The van der Waals surface area contributed by atoms with Gasteiger partial charge in [-0.2, -0.15) is 0 Å². The molecular weight excluding hydrogens is 120 g/mol. The molecule has 0 unspecified atom stereocenters. The normalized spacial score (nSPS) is 13.3. The Hall–Kier alpha value is -0.960. The van der Waals surface area contributed by atoms with E-state index in [0.717, 1.165) is 12.0 Å². The van der Waals surface area contributed by atoms with Gasteiger partial charge < -0.3 is 0 Å². The minimum absolute atomic E-state index is 0.897. The second kappa shape index (κ2) is 6.16. The predicted octanol–water partition coefficient (Wildman–Crippen LogP) is 2.92. The van der Waals surface area contributed by atoms with Crippen LogP contribution in [0.4, 0.5) is 0 Å². The van der Waals surface area contributed by atoms with Crippen LogP contribution in [0.5, 0.6) is 0 Å². The molecule has 0 saturated heterocycles. The molecule has 0 aromatic heterocycles. The molecule has 0 heterocycles. The minimum Gasteiger partial charge on any atom is -0.0941 e. The standard InChI is InChI=1S/C8H8.C2H6/c1-8-6-4-2-3-5-7-8;1-2/h2,4,6H,3H2,1H3;1-2H3. The lowest BCUT2D eigenvalue weighted by Crippen LogP contribution is -1.61. The van der Waals surface area contributed by atoms with Gasteiger partial charge in [0.05, 0.1) is 0 Å². The van der Waals surface area contributed by atoms with Crippen LogP contribution >= 0.6 is 0 Å². The Kier molecular flexibility index (Phi) is 5.57. The van der Waals surface area contributed by atoms with Crippen LogP contribution in [0, 0.1) is 11.8 Å². The van der Waals surface area contributed by atoms with Gasteiger partial charge in [0.15, 0.2) is 0 Å². The Morgan fingerprint density at radius 2 is 2.10 bits per heavy atom. The highest BCUT2D eigenvalue weighted by molar-refractivity contribution is 5.33. The molecule has 0 fully saturated rings. The third kappa shape index (κ3) is 3.97. The fraction of sp³-hybridized carbons (Fsp3) is 0.400. The second-order valence-electron chi connectivity index (χ2n) is 1.78. The van der Waals surface area contributed by atoms with Crippen LogP contribution in [-0.4, -0.2) is 0 Å². The van der Waals surface area contributed by atoms with Crippen molar-refractivity contribution in [3.63, 3.8) is 0 Å². The van der Waals surface area contributed by atoms with Crippen molar-refractivity contribution in [3.8, 4) is 11.8 Å². The molecular formula is C10H14. The van der Waals surface area contributed by atoms with Crippen LogP contribution in [0.25, 0.3) is 0 Å². The fourth-order valence-corrected chi connectivity index (χ4v) is 0.571. The van der Waals surface area contributed by atoms with Crippen molar-refractivity contribution in [1.82, 2.24) is 0 Å². The summed E-state index contributed by atoms with van der Waals surface area (Å²) in [5.74, 6) is 5.98. The largest absolute Gasteiger partial charge is 0.0941 e. The van der Waals surface area contributed by atoms with E-state index >= 15 is 0 Å². The highest BCUT2D eigenvalue weighted by Gasteiger charge is 1.79. The van der Waals surface area contributed by atoms with Crippen LogP contribution in [0.1, 0.15) is 27.2 Å². The third-order valence-electron chi connectivity index (χ3n) is 0.988. The number of hydrogen-bond acceptors (Lipinski definition) is 0. The molecule has 0 N–H and O–H groups in total. The van der Waals surface area contributed by atoms with E-state index in [1.54, 1.807) is 0 Å². The number of allylic oxidation sites excluding steroid dienone is 4. The van der Waals surface area contributed by atoms with Crippen molar-refractivity contribution < 1.29 is 0 Å². The monoisotopic (exact) mass is 134 g/mol. The first-order valence-corrected chi connectivity index (χ1v) is 3.72. The van der Waals surface area contributed by atoms with Gasteiger partial charge in [-0.25, -0.2) is 0 Å². The summed E-state index contributed by atoms with van der Waals surface area (Å²) < 4.78 is 0. The van der Waals surface area contributed by atoms with E-state index < -0.39 is 0 Å². The molecule has 1 aliphatic rings. The highest BCUT2D eigenvalue weighted by Crippen LogP contribution is 1.95. The number of hydrogen-bond donors (Lipinski definition) is 0. The van der Waals surface area contributed by atoms with Crippen molar-refractivity contribution in [2.75, 3.05) is 0 Å². The van der Waals surface area contributed by atoms with Crippen molar-refractivity contribution in [3.05, 3.63) is 23.8 Å². The number of rotatable bonds is 0. The highest BCUT2D eigenvalue weighted by atomic mass is 13.8. The van der Waals surface area contributed by atoms with Crippen LogP contribution in [0.3, 0.4) is 0 Å². The summed E-state index contributed by atoms with van der Waals surface area (Å²) >= 11 is 0. The average molecular weight is 134 g/mol. The molecule has 10 heavy (non-hydrogen) atoms. The molecule has 0 radical (unpaired) electrons. The van der Waals surface area contributed by atoms with E-state index in [1.807, 2.05) is 32.9 Å². The predicted molar refractivity (Wildman–Crippen MR) is 46.6 cm³/mol. The maximum Gasteiger partial charge on any atom is 0.0276 e. The second-order valence-corrected chi connectivity index (χ2v) is 1.78. The Bertz CT molecular complexity index is 184. The lowest BCUT2D eigenvalue weighted by molar-refractivity contribution is 1.48. The van der Waals surface area contributed by atoms with Gasteiger partial charge in [0.1, 0.15) is 0 Å². The zero-order chi connectivity index (χ0) is 7.82. The molecule has 0 aromatic rings. The van der Waals surface area contributed by atoms with Gasteiger partial charge in [0, 0.05) is 6.42 Å². The zero-order valence-electron chi connectivity index (χ0n) is 6.94. The summed E-state index contributed by atoms with van der Waals surface area (Å²) in [6, 6.07) is 0. The molecule has 0 nitrogen and oxygen atoms in total. The quantitative estimate of drug-likeness (QED) is 0.447. The van der Waals surface area contributed by atoms with Gasteiger partial charge in [-0.05, 0) is 12.5 Å². The summed E-state index contributed by atoms with van der Waals surface area (Å²) in [6.45, 7) is 6.02. The van der Waals surface area contributed by atoms with Gasteiger partial charge in [-0.15, -0.1) is 0 Å². The molecule has 0 heteroatoms. The van der Waals surface area contributed by atoms with Crippen molar-refractivity contribution >= 4 is 0 Å². The lowest BCUT2D eigenvalue weighted by atomic mass is 10.3. The van der Waals surface area contributed by atoms with Gasteiger partial charge in [0.25, 0.3) is 0 Å². The average Bonchev–Trinajstić information content (AvgIpc) is 2.21. The van der Waals surface area contributed by atoms with Gasteiger partial charge in [0.2, 0.25) is 0 Å². The van der Waals surface area contributed by atoms with Gasteiger partial charge in [-0.3, -0.25) is 0 Å². The summed E-state index contributed by atoms with van der Waals surface area (Å²) in [5, 5.41) is 0. The Morgan fingerprint density at radius 1 is 1.40 bits per heavy atom. The molecule has 0 saturated carbocycles. The van der Waals surface area contributed by atoms with Crippen molar-refractivity contribution in [2.24, 2.45) is 0 Å². The first kappa shape index (κ1) is 9.04. The Balaban J connectivity index is 0.000000371. The summed E-state index contributed by atoms with van der Waals surface area (Å²) in [6.07, 6.45) is 7.01. The van der Waals surface area contributed by atoms with Crippen molar-refractivity contribution in [1.29, 1.82) is 0 Å². The van der Waals surface area contributed by atoms with E-state index in [1.165, 1.54) is 0 Å². The van der Waals surface area contributed by atoms with E-state index in [2.05, 4.69) is 17.9 Å². The van der Waals surface area contributed by atoms with Crippen LogP contribution in [-0.2, 0) is 0 Å². The molecule has 1 aliphatic carbocycles. The van der Waals surface area contributed by atoms with E-state index in [4.69, 9.17) is 0 Å². The zero-order valence-corrected chi connectivity index (χ0v) is 6.94. The molecule has 0 spiro atoms. The first-order chi connectivity index (χ1) is 4.89. The lowest BCUT2D eigenvalue weighted by Gasteiger charge is -1.76. The molecule has 1 rings (SSSR count). The third-order valence-corrected chi connectivity index (χ3v) is 0.988. The molecule has 0 bridgehead atoms. The van der Waals surface area contributed by atoms with Gasteiger partial charge in [-0.1, -0.05) is 43.9 Å². The smallest absolute Gasteiger partial charge is 0.0276 e. The van der Waals surface area contributed by atoms with Crippen molar-refractivity contribution in [2.45, 2.75) is 27.2 Å². The summed E-state index contributed by atoms with van der Waals surface area (Å²) in [7, 11) is 0. The summed E-state index contributed by atoms with van der Waals surface area (Å²) in [4.78, 5) is 0. The van der Waals surface area contributed by atoms with Gasteiger partial charge >= 0.3 is 0 Å². The Labute approximate surface area is 63.6 Å². The minimum atomic E-state index is 0.897. The van der Waals surface area contributed by atoms with E-state index in [0.29, 0.717) is 0 Å². The topological polar surface area (TPSA) is 0 Å². The summed E-state index contributed by atoms with van der Waals surface area (Å²) in [5.41, 5.74) is 1.15. The van der Waals surface area contributed by atoms with Crippen LogP contribution in [0.15, 0.2) is 23.8 Å². The SMILES string of the molecule is CC.CC1=CC=CCC#C1. The van der Waals surface area contributed by atoms with E-state index in [-0.39, 0.29) is 0 Å². The maximum absolute atomic E-state index is 2.99. The fourth-order valence-electron chi connectivity index (χ4n) is 0.571. The molecule has 0 aromatic carbocycles. The van der Waals surface area contributed by atoms with Crippen LogP contribution < -0.4 is 0 Å². The molecule has 0 aliphatic heterocycles. The molecule has 54 valence electrons.